The van der Waals surface area contributed by atoms with Crippen molar-refractivity contribution in [1.82, 2.24) is 5.32 Å². The van der Waals surface area contributed by atoms with Crippen molar-refractivity contribution < 1.29 is 18.0 Å². The number of halogens is 4. The Bertz CT molecular complexity index is 550. The summed E-state index contributed by atoms with van der Waals surface area (Å²) in [5.41, 5.74) is 0.590. The number of carbonyl (C=O) groups is 1. The summed E-state index contributed by atoms with van der Waals surface area (Å²) in [5, 5.41) is 11.2. The molecule has 1 fully saturated rings. The highest BCUT2D eigenvalue weighted by Crippen LogP contribution is 2.41. The van der Waals surface area contributed by atoms with Crippen LogP contribution in [0.1, 0.15) is 18.0 Å². The van der Waals surface area contributed by atoms with Crippen molar-refractivity contribution in [3.8, 4) is 6.07 Å². The maximum Gasteiger partial charge on any atom is 0.393 e. The van der Waals surface area contributed by atoms with Gasteiger partial charge in [-0.1, -0.05) is 28.1 Å². The molecule has 2 rings (SSSR count). The number of rotatable bonds is 1. The molecule has 1 aromatic rings. The van der Waals surface area contributed by atoms with E-state index in [1.807, 2.05) is 0 Å². The Kier molecular flexibility index (Phi) is 4.04. The largest absolute Gasteiger partial charge is 0.393 e. The van der Waals surface area contributed by atoms with Crippen molar-refractivity contribution in [1.29, 1.82) is 5.26 Å². The van der Waals surface area contributed by atoms with E-state index in [2.05, 4.69) is 21.2 Å². The van der Waals surface area contributed by atoms with Gasteiger partial charge < -0.3 is 5.32 Å². The Morgan fingerprint density at radius 1 is 1.30 bits per heavy atom. The molecule has 1 heterocycles. The molecule has 1 saturated heterocycles. The van der Waals surface area contributed by atoms with Gasteiger partial charge in [-0.25, -0.2) is 0 Å². The molecule has 3 nitrogen and oxygen atoms in total. The van der Waals surface area contributed by atoms with E-state index < -0.39 is 30.0 Å². The summed E-state index contributed by atoms with van der Waals surface area (Å²) < 4.78 is 39.7. The Labute approximate surface area is 121 Å². The maximum atomic E-state index is 13.0. The molecule has 0 bridgehead atoms. The third-order valence-corrected chi connectivity index (χ3v) is 3.85. The molecule has 0 spiro atoms. The van der Waals surface area contributed by atoms with Crippen molar-refractivity contribution in [2.24, 2.45) is 11.8 Å². The number of benzene rings is 1. The van der Waals surface area contributed by atoms with E-state index in [1.165, 1.54) is 6.07 Å². The SMILES string of the molecule is N#CC1C(=O)NC(c2ccc(Br)cc2)CC1C(F)(F)F. The average Bonchev–Trinajstić information content (AvgIpc) is 2.37. The summed E-state index contributed by atoms with van der Waals surface area (Å²) in [5.74, 6) is -4.48. The number of piperidine rings is 1. The molecule has 1 N–H and O–H groups in total. The normalized spacial score (nSPS) is 26.8. The van der Waals surface area contributed by atoms with Gasteiger partial charge in [0.05, 0.1) is 18.0 Å². The first-order valence-corrected chi connectivity index (χ1v) is 6.64. The van der Waals surface area contributed by atoms with E-state index in [4.69, 9.17) is 5.26 Å². The third kappa shape index (κ3) is 2.96. The summed E-state index contributed by atoms with van der Waals surface area (Å²) in [7, 11) is 0. The predicted octanol–water partition coefficient (Wildman–Crippen LogP) is 3.33. The fraction of sp³-hybridized carbons (Fsp3) is 0.385. The second-order valence-corrected chi connectivity index (χ2v) is 5.52. The van der Waals surface area contributed by atoms with E-state index in [0.717, 1.165) is 4.47 Å². The van der Waals surface area contributed by atoms with Crippen LogP contribution in [0, 0.1) is 23.2 Å². The van der Waals surface area contributed by atoms with Crippen LogP contribution >= 0.6 is 15.9 Å². The van der Waals surface area contributed by atoms with E-state index >= 15 is 0 Å². The van der Waals surface area contributed by atoms with Crippen LogP contribution in [-0.2, 0) is 4.79 Å². The molecule has 106 valence electrons. The van der Waals surface area contributed by atoms with Gasteiger partial charge in [0, 0.05) is 4.47 Å². The van der Waals surface area contributed by atoms with Gasteiger partial charge in [-0.3, -0.25) is 4.79 Å². The number of carbonyl (C=O) groups excluding carboxylic acids is 1. The average molecular weight is 347 g/mol. The van der Waals surface area contributed by atoms with Crippen LogP contribution in [0.25, 0.3) is 0 Å². The van der Waals surface area contributed by atoms with Gasteiger partial charge in [0.15, 0.2) is 0 Å². The van der Waals surface area contributed by atoms with Crippen molar-refractivity contribution in [2.45, 2.75) is 18.6 Å². The first-order chi connectivity index (χ1) is 9.32. The minimum absolute atomic E-state index is 0.324. The molecule has 1 aliphatic heterocycles. The summed E-state index contributed by atoms with van der Waals surface area (Å²) >= 11 is 3.24. The zero-order chi connectivity index (χ0) is 14.9. The van der Waals surface area contributed by atoms with E-state index in [9.17, 15) is 18.0 Å². The van der Waals surface area contributed by atoms with Crippen LogP contribution in [0.3, 0.4) is 0 Å². The van der Waals surface area contributed by atoms with Crippen LogP contribution < -0.4 is 5.32 Å². The molecular weight excluding hydrogens is 337 g/mol. The Morgan fingerprint density at radius 3 is 2.40 bits per heavy atom. The first-order valence-electron chi connectivity index (χ1n) is 5.85. The van der Waals surface area contributed by atoms with Gasteiger partial charge in [0.1, 0.15) is 5.92 Å². The van der Waals surface area contributed by atoms with Gasteiger partial charge in [-0.15, -0.1) is 0 Å². The smallest absolute Gasteiger partial charge is 0.348 e. The highest BCUT2D eigenvalue weighted by Gasteiger charge is 2.51. The second kappa shape index (κ2) is 5.44. The molecule has 1 aliphatic rings. The predicted molar refractivity (Wildman–Crippen MR) is 68.3 cm³/mol. The summed E-state index contributed by atoms with van der Waals surface area (Å²) in [6.07, 6.45) is -4.89. The lowest BCUT2D eigenvalue weighted by atomic mass is 9.81. The van der Waals surface area contributed by atoms with E-state index in [-0.39, 0.29) is 6.42 Å². The molecule has 0 saturated carbocycles. The van der Waals surface area contributed by atoms with Crippen LogP contribution in [0.5, 0.6) is 0 Å². The lowest BCUT2D eigenvalue weighted by Crippen LogP contribution is -2.48. The van der Waals surface area contributed by atoms with Crippen LogP contribution in [0.4, 0.5) is 13.2 Å². The van der Waals surface area contributed by atoms with E-state index in [0.29, 0.717) is 5.56 Å². The maximum absolute atomic E-state index is 13.0. The van der Waals surface area contributed by atoms with Crippen molar-refractivity contribution in [2.75, 3.05) is 0 Å². The Hall–Kier alpha value is -1.55. The molecule has 1 aromatic carbocycles. The summed E-state index contributed by atoms with van der Waals surface area (Å²) in [4.78, 5) is 11.7. The zero-order valence-electron chi connectivity index (χ0n) is 10.1. The van der Waals surface area contributed by atoms with Gasteiger partial charge >= 0.3 is 6.18 Å². The number of amides is 1. The first kappa shape index (κ1) is 14.9. The van der Waals surface area contributed by atoms with Crippen molar-refractivity contribution in [3.63, 3.8) is 0 Å². The van der Waals surface area contributed by atoms with Gasteiger partial charge in [0.2, 0.25) is 5.91 Å². The van der Waals surface area contributed by atoms with Crippen LogP contribution in [0.15, 0.2) is 28.7 Å². The quantitative estimate of drug-likeness (QED) is 0.847. The third-order valence-electron chi connectivity index (χ3n) is 3.32. The zero-order valence-corrected chi connectivity index (χ0v) is 11.7. The Morgan fingerprint density at radius 2 is 1.90 bits per heavy atom. The van der Waals surface area contributed by atoms with Crippen LogP contribution in [0.2, 0.25) is 0 Å². The topological polar surface area (TPSA) is 52.9 Å². The molecule has 0 aliphatic carbocycles. The summed E-state index contributed by atoms with van der Waals surface area (Å²) in [6.45, 7) is 0. The minimum Gasteiger partial charge on any atom is -0.348 e. The molecule has 1 amide bonds. The van der Waals surface area contributed by atoms with Gasteiger partial charge in [-0.05, 0) is 24.1 Å². The number of hydrogen-bond acceptors (Lipinski definition) is 2. The van der Waals surface area contributed by atoms with Crippen molar-refractivity contribution >= 4 is 21.8 Å². The molecule has 0 radical (unpaired) electrons. The van der Waals surface area contributed by atoms with Gasteiger partial charge in [0.25, 0.3) is 0 Å². The number of nitrogens with one attached hydrogen (secondary N) is 1. The highest BCUT2D eigenvalue weighted by molar-refractivity contribution is 9.10. The lowest BCUT2D eigenvalue weighted by Gasteiger charge is -2.34. The minimum atomic E-state index is -4.56. The monoisotopic (exact) mass is 346 g/mol. The standard InChI is InChI=1S/C13H10BrF3N2O/c14-8-3-1-7(2-4-8)11-5-10(13(15,16)17)9(6-18)12(20)19-11/h1-4,9-11H,5H2,(H,19,20). The number of nitrogens with zero attached hydrogens (tertiary/aromatic N) is 1. The number of nitriles is 1. The molecule has 20 heavy (non-hydrogen) atoms. The molecule has 7 heteroatoms. The molecule has 0 aromatic heterocycles. The van der Waals surface area contributed by atoms with Gasteiger partial charge in [-0.2, -0.15) is 18.4 Å². The highest BCUT2D eigenvalue weighted by atomic mass is 79.9. The lowest BCUT2D eigenvalue weighted by molar-refractivity contribution is -0.195. The fourth-order valence-electron chi connectivity index (χ4n) is 2.28. The Balaban J connectivity index is 2.29. The van der Waals surface area contributed by atoms with Crippen molar-refractivity contribution in [3.05, 3.63) is 34.3 Å². The second-order valence-electron chi connectivity index (χ2n) is 4.60. The molecule has 3 atom stereocenters. The molecular formula is C13H10BrF3N2O. The molecule has 3 unspecified atom stereocenters. The number of alkyl halides is 3. The number of hydrogen-bond donors (Lipinski definition) is 1. The van der Waals surface area contributed by atoms with E-state index in [1.54, 1.807) is 24.3 Å². The van der Waals surface area contributed by atoms with Crippen LogP contribution in [-0.4, -0.2) is 12.1 Å². The summed E-state index contributed by atoms with van der Waals surface area (Å²) in [6, 6.07) is 7.41. The fourth-order valence-corrected chi connectivity index (χ4v) is 2.54.